The van der Waals surface area contributed by atoms with Crippen LogP contribution in [0.5, 0.6) is 0 Å². The molecule has 0 aromatic heterocycles. The number of nitrogens with two attached hydrogens (primary N) is 1. The maximum atomic E-state index is 5.17. The summed E-state index contributed by atoms with van der Waals surface area (Å²) < 4.78 is 0. The van der Waals surface area contributed by atoms with E-state index in [2.05, 4.69) is 5.43 Å². The molecule has 42 valence electrons. The highest BCUT2D eigenvalue weighted by atomic mass is 32.2. The van der Waals surface area contributed by atoms with Crippen molar-refractivity contribution in [1.82, 2.24) is 5.43 Å². The van der Waals surface area contributed by atoms with Gasteiger partial charge in [0, 0.05) is 11.8 Å². The second kappa shape index (κ2) is 2.55. The highest BCUT2D eigenvalue weighted by molar-refractivity contribution is 7.99. The van der Waals surface area contributed by atoms with Gasteiger partial charge in [0.1, 0.15) is 0 Å². The molecule has 1 fully saturated rings. The van der Waals surface area contributed by atoms with Gasteiger partial charge in [-0.2, -0.15) is 11.8 Å². The molecule has 0 unspecified atom stereocenters. The largest absolute Gasteiger partial charge is 0.271 e. The molecule has 0 aromatic carbocycles. The average molecular weight is 118 g/mol. The van der Waals surface area contributed by atoms with Crippen LogP contribution >= 0.6 is 11.8 Å². The van der Waals surface area contributed by atoms with Gasteiger partial charge in [0.15, 0.2) is 0 Å². The van der Waals surface area contributed by atoms with Crippen molar-refractivity contribution in [2.75, 3.05) is 11.5 Å². The van der Waals surface area contributed by atoms with Gasteiger partial charge in [-0.05, 0) is 12.2 Å². The Morgan fingerprint density at radius 3 is 2.86 bits per heavy atom. The van der Waals surface area contributed by atoms with E-state index in [4.69, 9.17) is 5.84 Å². The first-order valence-electron chi connectivity index (χ1n) is 2.47. The number of nitrogens with one attached hydrogen (secondary N) is 1. The van der Waals surface area contributed by atoms with Crippen LogP contribution in [0.2, 0.25) is 0 Å². The number of hydrogen-bond acceptors (Lipinski definition) is 3. The molecule has 0 saturated carbocycles. The molecule has 0 radical (unpaired) electrons. The minimum Gasteiger partial charge on any atom is -0.271 e. The molecular formula is C4H10N2S. The highest BCUT2D eigenvalue weighted by Gasteiger charge is 2.11. The van der Waals surface area contributed by atoms with Crippen molar-refractivity contribution in [3.05, 3.63) is 0 Å². The molecule has 0 aromatic rings. The van der Waals surface area contributed by atoms with E-state index in [0.29, 0.717) is 6.04 Å². The molecule has 1 aliphatic heterocycles. The standard InChI is InChI=1S/C4H10N2S/c5-6-4-1-2-7-3-4/h4,6H,1-3,5H2/t4-/m0/s1. The topological polar surface area (TPSA) is 38.0 Å². The molecule has 0 amide bonds. The van der Waals surface area contributed by atoms with Crippen molar-refractivity contribution in [1.29, 1.82) is 0 Å². The molecule has 1 rings (SSSR count). The lowest BCUT2D eigenvalue weighted by Crippen LogP contribution is -2.34. The summed E-state index contributed by atoms with van der Waals surface area (Å²) in [6.07, 6.45) is 1.24. The van der Waals surface area contributed by atoms with Gasteiger partial charge in [-0.15, -0.1) is 0 Å². The first kappa shape index (κ1) is 5.41. The fraction of sp³-hybridized carbons (Fsp3) is 1.00. The van der Waals surface area contributed by atoms with Gasteiger partial charge in [0.2, 0.25) is 0 Å². The summed E-state index contributed by atoms with van der Waals surface area (Å²) in [6, 6.07) is 0.588. The number of hydrazine groups is 1. The smallest absolute Gasteiger partial charge is 0.0308 e. The zero-order valence-corrected chi connectivity index (χ0v) is 5.00. The lowest BCUT2D eigenvalue weighted by molar-refractivity contribution is 0.582. The van der Waals surface area contributed by atoms with Gasteiger partial charge >= 0.3 is 0 Å². The summed E-state index contributed by atoms with van der Waals surface area (Å²) in [7, 11) is 0. The molecule has 7 heavy (non-hydrogen) atoms. The van der Waals surface area contributed by atoms with Gasteiger partial charge < -0.3 is 0 Å². The minimum absolute atomic E-state index is 0.588. The molecule has 1 atom stereocenters. The molecule has 3 heteroatoms. The van der Waals surface area contributed by atoms with Crippen LogP contribution in [-0.4, -0.2) is 17.5 Å². The number of thioether (sulfide) groups is 1. The molecule has 0 spiro atoms. The average Bonchev–Trinajstić information content (AvgIpc) is 2.14. The summed E-state index contributed by atoms with van der Waals surface area (Å²) in [4.78, 5) is 0. The van der Waals surface area contributed by atoms with Crippen LogP contribution in [0.15, 0.2) is 0 Å². The van der Waals surface area contributed by atoms with Crippen LogP contribution in [0.25, 0.3) is 0 Å². The Morgan fingerprint density at radius 2 is 2.57 bits per heavy atom. The Kier molecular flexibility index (Phi) is 1.97. The summed E-state index contributed by atoms with van der Waals surface area (Å²) >= 11 is 1.96. The summed E-state index contributed by atoms with van der Waals surface area (Å²) in [5, 5.41) is 0. The number of hydrogen-bond donors (Lipinski definition) is 2. The molecule has 1 saturated heterocycles. The Morgan fingerprint density at radius 1 is 1.71 bits per heavy atom. The third kappa shape index (κ3) is 1.33. The van der Waals surface area contributed by atoms with Crippen LogP contribution in [0.3, 0.4) is 0 Å². The monoisotopic (exact) mass is 118 g/mol. The third-order valence-electron chi connectivity index (χ3n) is 1.17. The maximum Gasteiger partial charge on any atom is 0.0308 e. The fourth-order valence-corrected chi connectivity index (χ4v) is 1.83. The van der Waals surface area contributed by atoms with E-state index in [0.717, 1.165) is 0 Å². The lowest BCUT2D eigenvalue weighted by Gasteiger charge is -2.01. The molecule has 1 aliphatic rings. The lowest BCUT2D eigenvalue weighted by atomic mass is 10.3. The highest BCUT2D eigenvalue weighted by Crippen LogP contribution is 2.15. The van der Waals surface area contributed by atoms with Gasteiger partial charge in [-0.3, -0.25) is 11.3 Å². The Labute approximate surface area is 47.8 Å². The molecule has 0 bridgehead atoms. The van der Waals surface area contributed by atoms with Gasteiger partial charge in [-0.1, -0.05) is 0 Å². The maximum absolute atomic E-state index is 5.17. The molecular weight excluding hydrogens is 108 g/mol. The van der Waals surface area contributed by atoms with Crippen molar-refractivity contribution < 1.29 is 0 Å². The zero-order valence-electron chi connectivity index (χ0n) is 4.18. The van der Waals surface area contributed by atoms with Crippen LogP contribution in [0, 0.1) is 0 Å². The van der Waals surface area contributed by atoms with E-state index >= 15 is 0 Å². The van der Waals surface area contributed by atoms with Gasteiger partial charge in [0.05, 0.1) is 0 Å². The van der Waals surface area contributed by atoms with Crippen LogP contribution in [-0.2, 0) is 0 Å². The van der Waals surface area contributed by atoms with Crippen molar-refractivity contribution in [3.63, 3.8) is 0 Å². The normalized spacial score (nSPS) is 31.3. The predicted molar refractivity (Wildman–Crippen MR) is 33.1 cm³/mol. The first-order chi connectivity index (χ1) is 3.43. The SMILES string of the molecule is NN[C@H]1CCSC1. The van der Waals surface area contributed by atoms with Gasteiger partial charge in [-0.25, -0.2) is 0 Å². The molecule has 1 heterocycles. The fourth-order valence-electron chi connectivity index (χ4n) is 0.666. The quantitative estimate of drug-likeness (QED) is 0.374. The number of rotatable bonds is 1. The second-order valence-corrected chi connectivity index (χ2v) is 2.88. The second-order valence-electron chi connectivity index (χ2n) is 1.73. The Hall–Kier alpha value is 0.270. The predicted octanol–water partition coefficient (Wildman–Crippen LogP) is -0.0448. The van der Waals surface area contributed by atoms with E-state index in [1.165, 1.54) is 17.9 Å². The van der Waals surface area contributed by atoms with E-state index in [-0.39, 0.29) is 0 Å². The Bertz CT molecular complexity index is 51.7. The van der Waals surface area contributed by atoms with E-state index in [1.54, 1.807) is 0 Å². The minimum atomic E-state index is 0.588. The summed E-state index contributed by atoms with van der Waals surface area (Å²) in [5.74, 6) is 7.63. The van der Waals surface area contributed by atoms with Crippen molar-refractivity contribution in [2.24, 2.45) is 5.84 Å². The van der Waals surface area contributed by atoms with Crippen molar-refractivity contribution in [3.8, 4) is 0 Å². The van der Waals surface area contributed by atoms with Crippen molar-refractivity contribution in [2.45, 2.75) is 12.5 Å². The third-order valence-corrected chi connectivity index (χ3v) is 2.33. The zero-order chi connectivity index (χ0) is 5.11. The summed E-state index contributed by atoms with van der Waals surface area (Å²) in [6.45, 7) is 0. The van der Waals surface area contributed by atoms with Crippen LogP contribution in [0.1, 0.15) is 6.42 Å². The molecule has 2 nitrogen and oxygen atoms in total. The first-order valence-corrected chi connectivity index (χ1v) is 3.63. The van der Waals surface area contributed by atoms with Crippen LogP contribution in [0.4, 0.5) is 0 Å². The van der Waals surface area contributed by atoms with E-state index in [1.807, 2.05) is 11.8 Å². The van der Waals surface area contributed by atoms with Crippen LogP contribution < -0.4 is 11.3 Å². The van der Waals surface area contributed by atoms with Gasteiger partial charge in [0.25, 0.3) is 0 Å². The Balaban J connectivity index is 2.14. The summed E-state index contributed by atoms with van der Waals surface area (Å²) in [5.41, 5.74) is 2.74. The van der Waals surface area contributed by atoms with E-state index in [9.17, 15) is 0 Å². The van der Waals surface area contributed by atoms with E-state index < -0.39 is 0 Å². The molecule has 3 N–H and O–H groups in total. The molecule has 0 aliphatic carbocycles. The van der Waals surface area contributed by atoms with Crippen molar-refractivity contribution >= 4 is 11.8 Å².